The number of carbonyl (C=O) groups is 1. The van der Waals surface area contributed by atoms with E-state index >= 15 is 0 Å². The Morgan fingerprint density at radius 1 is 1.62 bits per heavy atom. The molecule has 1 heterocycles. The van der Waals surface area contributed by atoms with E-state index in [4.69, 9.17) is 0 Å². The maximum absolute atomic E-state index is 11.3. The van der Waals surface area contributed by atoms with Crippen molar-refractivity contribution >= 4 is 17.0 Å². The molecule has 0 aliphatic carbocycles. The van der Waals surface area contributed by atoms with Gasteiger partial charge < -0.3 is 9.45 Å². The van der Waals surface area contributed by atoms with E-state index < -0.39 is 16.3 Å². The number of hydrogen-bond acceptors (Lipinski definition) is 3. The van der Waals surface area contributed by atoms with Crippen molar-refractivity contribution in [2.24, 2.45) is 0 Å². The molecule has 0 aromatic heterocycles. The Morgan fingerprint density at radius 3 is 2.38 bits per heavy atom. The minimum atomic E-state index is -2.25. The molecule has 13 heavy (non-hydrogen) atoms. The molecule has 1 aliphatic rings. The molecule has 0 N–H and O–H groups in total. The summed E-state index contributed by atoms with van der Waals surface area (Å²) in [6.07, 6.45) is 0.438. The van der Waals surface area contributed by atoms with E-state index in [1.54, 1.807) is 4.90 Å². The van der Waals surface area contributed by atoms with E-state index in [2.05, 4.69) is 0 Å². The summed E-state index contributed by atoms with van der Waals surface area (Å²) < 4.78 is 21.1. The molecule has 1 saturated heterocycles. The van der Waals surface area contributed by atoms with Gasteiger partial charge >= 0.3 is 29.6 Å². The molecule has 0 radical (unpaired) electrons. The predicted molar refractivity (Wildman–Crippen MR) is 44.2 cm³/mol. The van der Waals surface area contributed by atoms with Gasteiger partial charge in [-0.05, 0) is 31.3 Å². The quantitative estimate of drug-likeness (QED) is 0.360. The summed E-state index contributed by atoms with van der Waals surface area (Å²) in [4.78, 5) is 12.9. The third-order valence-corrected chi connectivity index (χ3v) is 2.95. The first kappa shape index (κ1) is 13.6. The Labute approximate surface area is 103 Å². The minimum absolute atomic E-state index is 0. The number of likely N-dealkylation sites (tertiary alicyclic amines) is 1. The van der Waals surface area contributed by atoms with Crippen LogP contribution in [0.5, 0.6) is 0 Å². The van der Waals surface area contributed by atoms with Crippen molar-refractivity contribution in [1.82, 2.24) is 4.90 Å². The number of carbonyl (C=O) groups excluding carboxylic acids is 1. The molecule has 0 bridgehead atoms. The van der Waals surface area contributed by atoms with Crippen LogP contribution >= 0.6 is 0 Å². The molecule has 1 amide bonds. The van der Waals surface area contributed by atoms with Crippen molar-refractivity contribution in [3.8, 4) is 0 Å². The smallest absolute Gasteiger partial charge is 0.772 e. The Bertz CT molecular complexity index is 222. The Morgan fingerprint density at radius 2 is 2.15 bits per heavy atom. The first-order chi connectivity index (χ1) is 5.54. The van der Waals surface area contributed by atoms with Crippen LogP contribution in [0.15, 0.2) is 0 Å². The molecule has 70 valence electrons. The minimum Gasteiger partial charge on any atom is -0.772 e. The van der Waals surface area contributed by atoms with Gasteiger partial charge in [-0.2, -0.15) is 0 Å². The fourth-order valence-corrected chi connectivity index (χ4v) is 1.96. The SMILES string of the molecule is CC(C)N1CCC(S(=O)[O-])C1=O.[Na+]. The molecule has 0 saturated carbocycles. The van der Waals surface area contributed by atoms with Gasteiger partial charge in [-0.25, -0.2) is 0 Å². The van der Waals surface area contributed by atoms with Gasteiger partial charge in [0.15, 0.2) is 0 Å². The second-order valence-corrected chi connectivity index (χ2v) is 4.25. The molecule has 6 heteroatoms. The van der Waals surface area contributed by atoms with Gasteiger partial charge in [-0.15, -0.1) is 0 Å². The van der Waals surface area contributed by atoms with Gasteiger partial charge in [0.1, 0.15) is 5.25 Å². The second kappa shape index (κ2) is 5.46. The van der Waals surface area contributed by atoms with Gasteiger partial charge in [0.25, 0.3) is 0 Å². The summed E-state index contributed by atoms with van der Waals surface area (Å²) in [5.74, 6) is -0.252. The molecule has 1 aliphatic heterocycles. The summed E-state index contributed by atoms with van der Waals surface area (Å²) >= 11 is -2.25. The summed E-state index contributed by atoms with van der Waals surface area (Å²) in [7, 11) is 0. The number of rotatable bonds is 2. The normalized spacial score (nSPS) is 24.8. The van der Waals surface area contributed by atoms with Gasteiger partial charge in [-0.1, -0.05) is 0 Å². The Kier molecular flexibility index (Phi) is 5.70. The molecule has 1 fully saturated rings. The zero-order valence-corrected chi connectivity index (χ0v) is 11.0. The number of amides is 1. The van der Waals surface area contributed by atoms with E-state index in [0.717, 1.165) is 0 Å². The van der Waals surface area contributed by atoms with Crippen molar-refractivity contribution in [3.63, 3.8) is 0 Å². The molecular weight excluding hydrogens is 201 g/mol. The molecule has 0 spiro atoms. The van der Waals surface area contributed by atoms with Crippen LogP contribution in [-0.4, -0.2) is 37.4 Å². The van der Waals surface area contributed by atoms with Crippen molar-refractivity contribution in [2.45, 2.75) is 31.6 Å². The van der Waals surface area contributed by atoms with Crippen LogP contribution in [0.1, 0.15) is 20.3 Å². The molecule has 2 unspecified atom stereocenters. The van der Waals surface area contributed by atoms with E-state index in [9.17, 15) is 13.6 Å². The van der Waals surface area contributed by atoms with Crippen LogP contribution in [0.3, 0.4) is 0 Å². The molecule has 0 aromatic rings. The largest absolute Gasteiger partial charge is 1.00 e. The fraction of sp³-hybridized carbons (Fsp3) is 0.857. The van der Waals surface area contributed by atoms with Crippen molar-refractivity contribution < 1.29 is 43.1 Å². The third-order valence-electron chi connectivity index (χ3n) is 2.05. The first-order valence-corrected chi connectivity index (χ1v) is 5.06. The molecule has 0 aromatic carbocycles. The van der Waals surface area contributed by atoms with Crippen LogP contribution in [-0.2, 0) is 15.9 Å². The van der Waals surface area contributed by atoms with Gasteiger partial charge in [0.2, 0.25) is 5.91 Å². The maximum Gasteiger partial charge on any atom is 1.00 e. The summed E-state index contributed by atoms with van der Waals surface area (Å²) in [5.41, 5.74) is 0. The molecule has 2 atom stereocenters. The Balaban J connectivity index is 0.00000144. The van der Waals surface area contributed by atoms with Gasteiger partial charge in [0.05, 0.1) is 0 Å². The fourth-order valence-electron chi connectivity index (χ4n) is 1.37. The third kappa shape index (κ3) is 3.02. The van der Waals surface area contributed by atoms with Crippen LogP contribution in [0.4, 0.5) is 0 Å². The van der Waals surface area contributed by atoms with Gasteiger partial charge in [0, 0.05) is 12.6 Å². The number of nitrogens with zero attached hydrogens (tertiary/aromatic N) is 1. The van der Waals surface area contributed by atoms with E-state index in [-0.39, 0.29) is 41.5 Å². The Hall–Kier alpha value is 0.580. The topological polar surface area (TPSA) is 60.4 Å². The molecule has 1 rings (SSSR count). The van der Waals surface area contributed by atoms with Gasteiger partial charge in [-0.3, -0.25) is 9.00 Å². The zero-order valence-electron chi connectivity index (χ0n) is 8.15. The van der Waals surface area contributed by atoms with Crippen molar-refractivity contribution in [1.29, 1.82) is 0 Å². The number of hydrogen-bond donors (Lipinski definition) is 0. The molecular formula is C7H12NNaO3S. The average molecular weight is 213 g/mol. The predicted octanol–water partition coefficient (Wildman–Crippen LogP) is -3.12. The average Bonchev–Trinajstić information content (AvgIpc) is 2.30. The van der Waals surface area contributed by atoms with E-state index in [1.165, 1.54) is 0 Å². The first-order valence-electron chi connectivity index (χ1n) is 3.92. The molecule has 4 nitrogen and oxygen atoms in total. The van der Waals surface area contributed by atoms with Crippen LogP contribution in [0.25, 0.3) is 0 Å². The second-order valence-electron chi connectivity index (χ2n) is 3.16. The summed E-state index contributed by atoms with van der Waals surface area (Å²) in [6, 6.07) is 0.103. The monoisotopic (exact) mass is 213 g/mol. The van der Waals surface area contributed by atoms with Crippen LogP contribution < -0.4 is 29.6 Å². The van der Waals surface area contributed by atoms with Crippen LogP contribution in [0.2, 0.25) is 0 Å². The summed E-state index contributed by atoms with van der Waals surface area (Å²) in [6.45, 7) is 4.33. The maximum atomic E-state index is 11.3. The van der Waals surface area contributed by atoms with Crippen molar-refractivity contribution in [3.05, 3.63) is 0 Å². The van der Waals surface area contributed by atoms with E-state index in [0.29, 0.717) is 13.0 Å². The zero-order chi connectivity index (χ0) is 9.30. The van der Waals surface area contributed by atoms with Crippen molar-refractivity contribution in [2.75, 3.05) is 6.54 Å². The summed E-state index contributed by atoms with van der Waals surface area (Å²) in [5, 5.41) is -0.799. The van der Waals surface area contributed by atoms with E-state index in [1.807, 2.05) is 13.8 Å². The van der Waals surface area contributed by atoms with Crippen LogP contribution in [0, 0.1) is 0 Å². The standard InChI is InChI=1S/C7H13NO3S.Na/c1-5(2)8-4-3-6(7(8)9)12(10)11;/h5-6H,3-4H2,1-2H3,(H,10,11);/q;+1/p-1.